The maximum absolute atomic E-state index is 12.3. The van der Waals surface area contributed by atoms with Gasteiger partial charge >= 0.3 is 0 Å². The maximum Gasteiger partial charge on any atom is 0.234 e. The average molecular weight is 388 g/mol. The minimum absolute atomic E-state index is 0.163. The molecule has 2 aromatic rings. The van der Waals surface area contributed by atoms with E-state index < -0.39 is 0 Å². The van der Waals surface area contributed by atoms with Gasteiger partial charge in [0.25, 0.3) is 0 Å². The van der Waals surface area contributed by atoms with Gasteiger partial charge in [0.1, 0.15) is 0 Å². The van der Waals surface area contributed by atoms with E-state index in [1.165, 1.54) is 12.8 Å². The Balaban J connectivity index is 1.33. The highest BCUT2D eigenvalue weighted by atomic mass is 35.5. The molecule has 2 heterocycles. The number of rotatable bonds is 5. The first-order valence-corrected chi connectivity index (χ1v) is 10.1. The summed E-state index contributed by atoms with van der Waals surface area (Å²) in [5, 5.41) is 3.89. The van der Waals surface area contributed by atoms with Crippen LogP contribution in [0, 0.1) is 0 Å². The molecule has 0 bridgehead atoms. The number of hydrogen-bond donors (Lipinski definition) is 1. The van der Waals surface area contributed by atoms with Crippen molar-refractivity contribution in [2.24, 2.45) is 0 Å². The summed E-state index contributed by atoms with van der Waals surface area (Å²) >= 11 is 6.14. The van der Waals surface area contributed by atoms with Crippen LogP contribution in [0.2, 0.25) is 5.02 Å². The number of benzene rings is 1. The summed E-state index contributed by atoms with van der Waals surface area (Å²) in [7, 11) is 0. The van der Waals surface area contributed by atoms with E-state index in [4.69, 9.17) is 11.6 Å². The summed E-state index contributed by atoms with van der Waals surface area (Å²) in [6.45, 7) is 3.93. The summed E-state index contributed by atoms with van der Waals surface area (Å²) in [6, 6.07) is 8.18. The molecule has 1 aromatic carbocycles. The molecule has 27 heavy (non-hydrogen) atoms. The second kappa shape index (κ2) is 8.31. The first kappa shape index (κ1) is 18.3. The van der Waals surface area contributed by atoms with Crippen molar-refractivity contribution in [2.75, 3.05) is 37.6 Å². The van der Waals surface area contributed by atoms with E-state index >= 15 is 0 Å². The van der Waals surface area contributed by atoms with Gasteiger partial charge in [-0.1, -0.05) is 30.5 Å². The van der Waals surface area contributed by atoms with E-state index in [1.807, 2.05) is 36.7 Å². The van der Waals surface area contributed by atoms with Crippen LogP contribution >= 0.6 is 11.6 Å². The number of nitrogens with one attached hydrogen (secondary N) is 1. The highest BCUT2D eigenvalue weighted by Crippen LogP contribution is 2.22. The number of amides is 1. The average Bonchev–Trinajstić information content (AvgIpc) is 3.34. The largest absolute Gasteiger partial charge is 0.352 e. The number of hydrogen-bond acceptors (Lipinski definition) is 4. The molecule has 1 N–H and O–H groups in total. The number of anilines is 1. The topological polar surface area (TPSA) is 53.4 Å². The monoisotopic (exact) mass is 387 g/mol. The third-order valence-electron chi connectivity index (χ3n) is 5.45. The molecule has 1 saturated heterocycles. The molecule has 2 fully saturated rings. The van der Waals surface area contributed by atoms with Crippen LogP contribution < -0.4 is 10.2 Å². The zero-order chi connectivity index (χ0) is 18.6. The first-order chi connectivity index (χ1) is 13.2. The number of aromatic nitrogens is 2. The Hall–Kier alpha value is -2.05. The van der Waals surface area contributed by atoms with E-state index in [1.54, 1.807) is 0 Å². The van der Waals surface area contributed by atoms with Crippen LogP contribution in [0.1, 0.15) is 25.7 Å². The van der Waals surface area contributed by atoms with Gasteiger partial charge in [-0.2, -0.15) is 0 Å². The molecule has 0 spiro atoms. The van der Waals surface area contributed by atoms with Gasteiger partial charge in [0.05, 0.1) is 6.54 Å². The van der Waals surface area contributed by atoms with Crippen molar-refractivity contribution in [2.45, 2.75) is 31.7 Å². The summed E-state index contributed by atoms with van der Waals surface area (Å²) in [4.78, 5) is 21.3. The van der Waals surface area contributed by atoms with Gasteiger partial charge < -0.3 is 10.2 Å². The molecule has 1 aliphatic heterocycles. The number of carbonyl (C=O) groups excluding carboxylic acids is 1. The van der Waals surface area contributed by atoms with Crippen molar-refractivity contribution >= 4 is 23.5 Å². The lowest BCUT2D eigenvalue weighted by atomic mass is 10.2. The number of carbonyl (C=O) groups is 1. The van der Waals surface area contributed by atoms with Gasteiger partial charge in [-0.15, -0.1) is 0 Å². The molecule has 0 atom stereocenters. The van der Waals surface area contributed by atoms with Gasteiger partial charge in [0.2, 0.25) is 11.9 Å². The van der Waals surface area contributed by atoms with Crippen molar-refractivity contribution in [3.05, 3.63) is 41.7 Å². The molecule has 0 unspecified atom stereocenters. The third kappa shape index (κ3) is 4.45. The molecule has 4 rings (SSSR count). The molecule has 7 heteroatoms. The minimum Gasteiger partial charge on any atom is -0.352 e. The van der Waals surface area contributed by atoms with E-state index in [9.17, 15) is 4.79 Å². The van der Waals surface area contributed by atoms with Crippen LogP contribution in [0.5, 0.6) is 0 Å². The Bertz CT molecular complexity index is 778. The van der Waals surface area contributed by atoms with Crippen molar-refractivity contribution in [3.8, 4) is 5.69 Å². The molecular formula is C20H26ClN5O. The highest BCUT2D eigenvalue weighted by molar-refractivity contribution is 6.30. The zero-order valence-electron chi connectivity index (χ0n) is 15.5. The van der Waals surface area contributed by atoms with Crippen LogP contribution in [-0.4, -0.2) is 59.1 Å². The van der Waals surface area contributed by atoms with Crippen LogP contribution in [0.4, 0.5) is 5.95 Å². The normalized spacial score (nSPS) is 18.8. The second-order valence-electron chi connectivity index (χ2n) is 7.39. The molecular weight excluding hydrogens is 362 g/mol. The molecule has 0 radical (unpaired) electrons. The Morgan fingerprint density at radius 2 is 1.96 bits per heavy atom. The summed E-state index contributed by atoms with van der Waals surface area (Å²) in [5.41, 5.74) is 1.01. The number of imidazole rings is 1. The van der Waals surface area contributed by atoms with Crippen LogP contribution in [0.25, 0.3) is 5.69 Å². The SMILES string of the molecule is O=C(CN1CCN(c2nccn2-c2cccc(Cl)c2)CC1)NC1CCCC1. The van der Waals surface area contributed by atoms with Crippen molar-refractivity contribution in [1.29, 1.82) is 0 Å². The van der Waals surface area contributed by atoms with Gasteiger partial charge in [-0.3, -0.25) is 14.3 Å². The van der Waals surface area contributed by atoms with Crippen LogP contribution in [-0.2, 0) is 4.79 Å². The Labute approximate surface area is 165 Å². The predicted molar refractivity (Wildman–Crippen MR) is 108 cm³/mol. The standard InChI is InChI=1S/C20H26ClN5O/c21-16-4-3-7-18(14-16)26-9-8-22-20(26)25-12-10-24(11-13-25)15-19(27)23-17-5-1-2-6-17/h3-4,7-9,14,17H,1-2,5-6,10-13,15H2,(H,23,27). The van der Waals surface area contributed by atoms with Gasteiger partial charge in [-0.05, 0) is 31.0 Å². The van der Waals surface area contributed by atoms with Crippen LogP contribution in [0.15, 0.2) is 36.7 Å². The number of nitrogens with zero attached hydrogens (tertiary/aromatic N) is 4. The van der Waals surface area contributed by atoms with E-state index in [0.29, 0.717) is 17.6 Å². The van der Waals surface area contributed by atoms with Gasteiger partial charge in [0, 0.05) is 55.3 Å². The molecule has 1 aliphatic carbocycles. The fourth-order valence-corrected chi connectivity index (χ4v) is 4.19. The summed E-state index contributed by atoms with van der Waals surface area (Å²) in [6.07, 6.45) is 8.52. The lowest BCUT2D eigenvalue weighted by Crippen LogP contribution is -2.50. The third-order valence-corrected chi connectivity index (χ3v) is 5.69. The second-order valence-corrected chi connectivity index (χ2v) is 7.83. The van der Waals surface area contributed by atoms with Crippen LogP contribution in [0.3, 0.4) is 0 Å². The van der Waals surface area contributed by atoms with Gasteiger partial charge in [0.15, 0.2) is 0 Å². The molecule has 6 nitrogen and oxygen atoms in total. The predicted octanol–water partition coefficient (Wildman–Crippen LogP) is 2.71. The number of halogens is 1. The van der Waals surface area contributed by atoms with E-state index in [2.05, 4.69) is 24.7 Å². The zero-order valence-corrected chi connectivity index (χ0v) is 16.2. The van der Waals surface area contributed by atoms with Gasteiger partial charge in [-0.25, -0.2) is 4.98 Å². The minimum atomic E-state index is 0.163. The number of piperazine rings is 1. The maximum atomic E-state index is 12.3. The molecule has 144 valence electrons. The Morgan fingerprint density at radius 1 is 1.19 bits per heavy atom. The highest BCUT2D eigenvalue weighted by Gasteiger charge is 2.23. The summed E-state index contributed by atoms with van der Waals surface area (Å²) in [5.74, 6) is 1.09. The lowest BCUT2D eigenvalue weighted by molar-refractivity contribution is -0.123. The molecule has 1 saturated carbocycles. The Morgan fingerprint density at radius 3 is 2.70 bits per heavy atom. The molecule has 1 amide bonds. The molecule has 1 aromatic heterocycles. The summed E-state index contributed by atoms with van der Waals surface area (Å²) < 4.78 is 2.06. The fraction of sp³-hybridized carbons (Fsp3) is 0.500. The first-order valence-electron chi connectivity index (χ1n) is 9.75. The smallest absolute Gasteiger partial charge is 0.234 e. The van der Waals surface area contributed by atoms with Crippen molar-refractivity contribution < 1.29 is 4.79 Å². The van der Waals surface area contributed by atoms with E-state index in [-0.39, 0.29) is 5.91 Å². The van der Waals surface area contributed by atoms with Crippen molar-refractivity contribution in [1.82, 2.24) is 19.8 Å². The van der Waals surface area contributed by atoms with Crippen molar-refractivity contribution in [3.63, 3.8) is 0 Å². The Kier molecular flexibility index (Phi) is 5.64. The molecule has 2 aliphatic rings. The fourth-order valence-electron chi connectivity index (χ4n) is 4.01. The quantitative estimate of drug-likeness (QED) is 0.857. The lowest BCUT2D eigenvalue weighted by Gasteiger charge is -2.35. The van der Waals surface area contributed by atoms with E-state index in [0.717, 1.165) is 50.7 Å².